The van der Waals surface area contributed by atoms with Crippen molar-refractivity contribution in [3.05, 3.63) is 71.5 Å². The molecule has 0 atom stereocenters. The number of anilines is 3. The molecule has 1 saturated heterocycles. The summed E-state index contributed by atoms with van der Waals surface area (Å²) >= 11 is 5.99. The highest BCUT2D eigenvalue weighted by Crippen LogP contribution is 2.18. The third-order valence-electron chi connectivity index (χ3n) is 4.57. The number of pyridine rings is 1. The fourth-order valence-electron chi connectivity index (χ4n) is 3.09. The molecule has 0 bridgehead atoms. The lowest BCUT2D eigenvalue weighted by molar-refractivity contribution is 0.0746. The van der Waals surface area contributed by atoms with Crippen LogP contribution in [0.5, 0.6) is 0 Å². The van der Waals surface area contributed by atoms with E-state index in [0.29, 0.717) is 42.6 Å². The highest BCUT2D eigenvalue weighted by atomic mass is 35.5. The second-order valence-electron chi connectivity index (χ2n) is 6.43. The zero-order valence-corrected chi connectivity index (χ0v) is 15.9. The van der Waals surface area contributed by atoms with Crippen LogP contribution in [0, 0.1) is 0 Å². The van der Waals surface area contributed by atoms with Gasteiger partial charge in [-0.2, -0.15) is 0 Å². The Morgan fingerprint density at radius 1 is 0.964 bits per heavy atom. The molecule has 2 aromatic heterocycles. The first kappa shape index (κ1) is 18.2. The van der Waals surface area contributed by atoms with Crippen LogP contribution in [0.15, 0.2) is 60.9 Å². The molecule has 0 radical (unpaired) electrons. The van der Waals surface area contributed by atoms with Crippen LogP contribution in [0.2, 0.25) is 5.02 Å². The maximum atomic E-state index is 12.6. The van der Waals surface area contributed by atoms with Crippen LogP contribution in [-0.2, 0) is 0 Å². The van der Waals surface area contributed by atoms with Gasteiger partial charge in [-0.1, -0.05) is 17.7 Å². The van der Waals surface area contributed by atoms with Crippen LogP contribution in [-0.4, -0.2) is 52.2 Å². The van der Waals surface area contributed by atoms with Crippen molar-refractivity contribution in [2.24, 2.45) is 0 Å². The standard InChI is InChI=1S/C20H19ClN6O/c21-16-3-1-2-15(14-16)20(28)27-12-10-26(11-13-27)19-5-4-18(24-25-19)23-17-6-8-22-9-7-17/h1-9,14H,10-13H2,(H,22,23,24). The van der Waals surface area contributed by atoms with Gasteiger partial charge in [-0.3, -0.25) is 9.78 Å². The van der Waals surface area contributed by atoms with Crippen molar-refractivity contribution >= 4 is 34.8 Å². The normalized spacial score (nSPS) is 14.0. The zero-order chi connectivity index (χ0) is 19.3. The van der Waals surface area contributed by atoms with Gasteiger partial charge in [0.15, 0.2) is 11.6 Å². The van der Waals surface area contributed by atoms with Crippen LogP contribution >= 0.6 is 11.6 Å². The minimum Gasteiger partial charge on any atom is -0.352 e. The molecular formula is C20H19ClN6O. The van der Waals surface area contributed by atoms with Crippen LogP contribution in [0.1, 0.15) is 10.4 Å². The number of amides is 1. The van der Waals surface area contributed by atoms with Crippen molar-refractivity contribution in [3.8, 4) is 0 Å². The first-order chi connectivity index (χ1) is 13.7. The quantitative estimate of drug-likeness (QED) is 0.732. The lowest BCUT2D eigenvalue weighted by Crippen LogP contribution is -2.49. The summed E-state index contributed by atoms with van der Waals surface area (Å²) in [4.78, 5) is 20.6. The largest absolute Gasteiger partial charge is 0.352 e. The van der Waals surface area contributed by atoms with Crippen molar-refractivity contribution in [2.45, 2.75) is 0 Å². The smallest absolute Gasteiger partial charge is 0.254 e. The molecule has 1 aromatic carbocycles. The molecule has 3 heterocycles. The molecule has 0 saturated carbocycles. The number of nitrogens with one attached hydrogen (secondary N) is 1. The highest BCUT2D eigenvalue weighted by molar-refractivity contribution is 6.30. The van der Waals surface area contributed by atoms with Crippen molar-refractivity contribution in [2.75, 3.05) is 36.4 Å². The summed E-state index contributed by atoms with van der Waals surface area (Å²) in [5, 5.41) is 12.3. The molecule has 0 unspecified atom stereocenters. The molecule has 1 amide bonds. The number of hydrogen-bond donors (Lipinski definition) is 1. The van der Waals surface area contributed by atoms with Gasteiger partial charge in [0.25, 0.3) is 5.91 Å². The van der Waals surface area contributed by atoms with E-state index in [0.717, 1.165) is 11.5 Å². The number of benzene rings is 1. The number of hydrogen-bond acceptors (Lipinski definition) is 6. The maximum absolute atomic E-state index is 12.6. The summed E-state index contributed by atoms with van der Waals surface area (Å²) in [6.07, 6.45) is 3.43. The summed E-state index contributed by atoms with van der Waals surface area (Å²) in [7, 11) is 0. The summed E-state index contributed by atoms with van der Waals surface area (Å²) in [5.41, 5.74) is 1.53. The van der Waals surface area contributed by atoms with Gasteiger partial charge in [0.2, 0.25) is 0 Å². The van der Waals surface area contributed by atoms with Crippen LogP contribution in [0.3, 0.4) is 0 Å². The van der Waals surface area contributed by atoms with E-state index in [2.05, 4.69) is 25.4 Å². The molecule has 3 aromatic rings. The molecule has 1 aliphatic rings. The number of piperazine rings is 1. The molecular weight excluding hydrogens is 376 g/mol. The zero-order valence-electron chi connectivity index (χ0n) is 15.1. The Kier molecular flexibility index (Phi) is 5.34. The van der Waals surface area contributed by atoms with Gasteiger partial charge in [0.1, 0.15) is 0 Å². The predicted molar refractivity (Wildman–Crippen MR) is 109 cm³/mol. The maximum Gasteiger partial charge on any atom is 0.254 e. The first-order valence-electron chi connectivity index (χ1n) is 8.99. The van der Waals surface area contributed by atoms with Gasteiger partial charge in [-0.25, -0.2) is 0 Å². The van der Waals surface area contributed by atoms with Gasteiger partial charge in [-0.15, -0.1) is 10.2 Å². The molecule has 0 aliphatic carbocycles. The second-order valence-corrected chi connectivity index (χ2v) is 6.86. The average Bonchev–Trinajstić information content (AvgIpc) is 2.75. The highest BCUT2D eigenvalue weighted by Gasteiger charge is 2.23. The molecule has 1 N–H and O–H groups in total. The molecule has 7 nitrogen and oxygen atoms in total. The SMILES string of the molecule is O=C(c1cccc(Cl)c1)N1CCN(c2ccc(Nc3ccncc3)nn2)CC1. The van der Waals surface area contributed by atoms with E-state index < -0.39 is 0 Å². The van der Waals surface area contributed by atoms with E-state index in [1.807, 2.05) is 29.2 Å². The monoisotopic (exact) mass is 394 g/mol. The summed E-state index contributed by atoms with van der Waals surface area (Å²) in [5.74, 6) is 1.48. The van der Waals surface area contributed by atoms with Crippen LogP contribution in [0.4, 0.5) is 17.3 Å². The fraction of sp³-hybridized carbons (Fsp3) is 0.200. The number of rotatable bonds is 4. The Hall–Kier alpha value is -3.19. The van der Waals surface area contributed by atoms with Gasteiger partial charge in [0, 0.05) is 54.8 Å². The van der Waals surface area contributed by atoms with E-state index in [4.69, 9.17) is 11.6 Å². The fourth-order valence-corrected chi connectivity index (χ4v) is 3.28. The molecule has 1 fully saturated rings. The van der Waals surface area contributed by atoms with Crippen LogP contribution in [0.25, 0.3) is 0 Å². The van der Waals surface area contributed by atoms with Crippen molar-refractivity contribution in [1.29, 1.82) is 0 Å². The molecule has 1 aliphatic heterocycles. The van der Waals surface area contributed by atoms with Crippen molar-refractivity contribution in [1.82, 2.24) is 20.1 Å². The molecule has 8 heteroatoms. The van der Waals surface area contributed by atoms with Gasteiger partial charge in [-0.05, 0) is 42.5 Å². The van der Waals surface area contributed by atoms with Crippen molar-refractivity contribution in [3.63, 3.8) is 0 Å². The molecule has 0 spiro atoms. The number of carbonyl (C=O) groups excluding carboxylic acids is 1. The Labute approximate surface area is 168 Å². The van der Waals surface area contributed by atoms with Gasteiger partial charge in [0.05, 0.1) is 0 Å². The number of aromatic nitrogens is 3. The van der Waals surface area contributed by atoms with E-state index in [1.54, 1.807) is 36.7 Å². The number of nitrogens with zero attached hydrogens (tertiary/aromatic N) is 5. The predicted octanol–water partition coefficient (Wildman–Crippen LogP) is 3.23. The minimum absolute atomic E-state index is 0.00475. The number of carbonyl (C=O) groups is 1. The summed E-state index contributed by atoms with van der Waals surface area (Å²) < 4.78 is 0. The lowest BCUT2D eigenvalue weighted by Gasteiger charge is -2.35. The molecule has 4 rings (SSSR count). The second kappa shape index (κ2) is 8.22. The minimum atomic E-state index is 0.00475. The third-order valence-corrected chi connectivity index (χ3v) is 4.80. The first-order valence-corrected chi connectivity index (χ1v) is 9.37. The van der Waals surface area contributed by atoms with E-state index in [1.165, 1.54) is 0 Å². The summed E-state index contributed by atoms with van der Waals surface area (Å²) in [6, 6.07) is 14.6. The van der Waals surface area contributed by atoms with Gasteiger partial charge >= 0.3 is 0 Å². The summed E-state index contributed by atoms with van der Waals surface area (Å²) in [6.45, 7) is 2.67. The number of halogens is 1. The third kappa shape index (κ3) is 4.20. The van der Waals surface area contributed by atoms with E-state index in [9.17, 15) is 4.79 Å². The Morgan fingerprint density at radius 3 is 2.43 bits per heavy atom. The Bertz CT molecular complexity index is 942. The van der Waals surface area contributed by atoms with E-state index in [-0.39, 0.29) is 5.91 Å². The molecule has 142 valence electrons. The topological polar surface area (TPSA) is 74.2 Å². The Morgan fingerprint density at radius 2 is 1.75 bits per heavy atom. The lowest BCUT2D eigenvalue weighted by atomic mass is 10.2. The van der Waals surface area contributed by atoms with E-state index >= 15 is 0 Å². The Balaban J connectivity index is 1.35. The van der Waals surface area contributed by atoms with Crippen LogP contribution < -0.4 is 10.2 Å². The van der Waals surface area contributed by atoms with Gasteiger partial charge < -0.3 is 15.1 Å². The average molecular weight is 395 g/mol. The van der Waals surface area contributed by atoms with Crippen molar-refractivity contribution < 1.29 is 4.79 Å². The molecule has 28 heavy (non-hydrogen) atoms.